The van der Waals surface area contributed by atoms with Gasteiger partial charge in [0.15, 0.2) is 0 Å². The zero-order valence-electron chi connectivity index (χ0n) is 10.8. The number of nitrogens with one attached hydrogen (secondary N) is 1. The molecule has 0 radical (unpaired) electrons. The van der Waals surface area contributed by atoms with E-state index >= 15 is 0 Å². The van der Waals surface area contributed by atoms with Crippen LogP contribution >= 0.6 is 11.6 Å². The molecule has 1 aromatic rings. The lowest BCUT2D eigenvalue weighted by molar-refractivity contribution is -0.115. The molecule has 1 heterocycles. The van der Waals surface area contributed by atoms with Gasteiger partial charge in [0.1, 0.15) is 0 Å². The number of hydrogen-bond donors (Lipinski definition) is 2. The van der Waals surface area contributed by atoms with Gasteiger partial charge in [0.05, 0.1) is 6.42 Å². The summed E-state index contributed by atoms with van der Waals surface area (Å²) < 4.78 is 0. The van der Waals surface area contributed by atoms with Crippen LogP contribution in [0.1, 0.15) is 43.9 Å². The van der Waals surface area contributed by atoms with Crippen LogP contribution in [0, 0.1) is 5.92 Å². The Morgan fingerprint density at radius 2 is 2.11 bits per heavy atom. The molecule has 1 aliphatic heterocycles. The van der Waals surface area contributed by atoms with Crippen LogP contribution in [0.25, 0.3) is 0 Å². The number of fused-ring (bicyclic) bond motifs is 1. The summed E-state index contributed by atoms with van der Waals surface area (Å²) in [6, 6.07) is 3.73. The highest BCUT2D eigenvalue weighted by Gasteiger charge is 2.21. The molecule has 0 spiro atoms. The second kappa shape index (κ2) is 5.29. The van der Waals surface area contributed by atoms with E-state index < -0.39 is 0 Å². The standard InChI is InChI=1S/C14H19ClN2O/c1-8(2)3-4-12(16)10-5-9-6-14(18)17-13(9)7-11(10)15/h5,7-8,12H,3-4,6,16H2,1-2H3,(H,17,18). The Labute approximate surface area is 113 Å². The normalized spacial score (nSPS) is 15.7. The minimum atomic E-state index is -0.0547. The minimum absolute atomic E-state index is 0.0222. The molecule has 1 aliphatic rings. The lowest BCUT2D eigenvalue weighted by Crippen LogP contribution is -2.12. The molecule has 1 unspecified atom stereocenters. The molecule has 98 valence electrons. The maximum absolute atomic E-state index is 11.3. The van der Waals surface area contributed by atoms with Gasteiger partial charge < -0.3 is 11.1 Å². The fraction of sp³-hybridized carbons (Fsp3) is 0.500. The molecular weight excluding hydrogens is 248 g/mol. The van der Waals surface area contributed by atoms with Gasteiger partial charge >= 0.3 is 0 Å². The van der Waals surface area contributed by atoms with Gasteiger partial charge in [0, 0.05) is 16.8 Å². The van der Waals surface area contributed by atoms with Crippen LogP contribution in [-0.2, 0) is 11.2 Å². The van der Waals surface area contributed by atoms with Gasteiger partial charge in [-0.3, -0.25) is 4.79 Å². The lowest BCUT2D eigenvalue weighted by atomic mass is 9.96. The number of benzene rings is 1. The van der Waals surface area contributed by atoms with Crippen molar-refractivity contribution < 1.29 is 4.79 Å². The highest BCUT2D eigenvalue weighted by molar-refractivity contribution is 6.32. The van der Waals surface area contributed by atoms with E-state index in [4.69, 9.17) is 17.3 Å². The van der Waals surface area contributed by atoms with E-state index in [0.717, 1.165) is 29.7 Å². The average Bonchev–Trinajstić information content (AvgIpc) is 2.64. The highest BCUT2D eigenvalue weighted by Crippen LogP contribution is 2.33. The van der Waals surface area contributed by atoms with Crippen LogP contribution in [0.2, 0.25) is 5.02 Å². The van der Waals surface area contributed by atoms with Crippen molar-refractivity contribution in [3.8, 4) is 0 Å². The van der Waals surface area contributed by atoms with Crippen molar-refractivity contribution >= 4 is 23.2 Å². The van der Waals surface area contributed by atoms with Gasteiger partial charge in [-0.05, 0) is 36.0 Å². The molecule has 3 nitrogen and oxygen atoms in total. The minimum Gasteiger partial charge on any atom is -0.325 e. The molecule has 0 bridgehead atoms. The first kappa shape index (κ1) is 13.4. The smallest absolute Gasteiger partial charge is 0.228 e. The van der Waals surface area contributed by atoms with E-state index in [1.165, 1.54) is 0 Å². The Kier molecular flexibility index (Phi) is 3.93. The second-order valence-corrected chi connectivity index (χ2v) is 5.74. The van der Waals surface area contributed by atoms with Gasteiger partial charge in [-0.15, -0.1) is 0 Å². The Bertz CT molecular complexity index is 471. The van der Waals surface area contributed by atoms with Crippen LogP contribution < -0.4 is 11.1 Å². The van der Waals surface area contributed by atoms with E-state index in [1.54, 1.807) is 0 Å². The average molecular weight is 267 g/mol. The maximum Gasteiger partial charge on any atom is 0.228 e. The number of rotatable bonds is 4. The second-order valence-electron chi connectivity index (χ2n) is 5.33. The predicted molar refractivity (Wildman–Crippen MR) is 74.8 cm³/mol. The van der Waals surface area contributed by atoms with Crippen molar-refractivity contribution in [1.29, 1.82) is 0 Å². The molecule has 1 aromatic carbocycles. The molecule has 0 fully saturated rings. The SMILES string of the molecule is CC(C)CCC(N)c1cc2c(cc1Cl)NC(=O)C2. The Balaban J connectivity index is 2.19. The van der Waals surface area contributed by atoms with Gasteiger partial charge in [-0.1, -0.05) is 31.5 Å². The first-order valence-corrected chi connectivity index (χ1v) is 6.73. The fourth-order valence-corrected chi connectivity index (χ4v) is 2.52. The third-order valence-electron chi connectivity index (χ3n) is 3.30. The van der Waals surface area contributed by atoms with Crippen LogP contribution in [-0.4, -0.2) is 5.91 Å². The molecule has 3 N–H and O–H groups in total. The molecule has 4 heteroatoms. The summed E-state index contributed by atoms with van der Waals surface area (Å²) in [7, 11) is 0. The molecule has 1 atom stereocenters. The van der Waals surface area contributed by atoms with Gasteiger partial charge in [-0.2, -0.15) is 0 Å². The van der Waals surface area contributed by atoms with Crippen molar-refractivity contribution in [2.45, 2.75) is 39.2 Å². The summed E-state index contributed by atoms with van der Waals surface area (Å²) in [5.41, 5.74) is 8.96. The maximum atomic E-state index is 11.3. The zero-order chi connectivity index (χ0) is 13.3. The van der Waals surface area contributed by atoms with Crippen LogP contribution in [0.5, 0.6) is 0 Å². The van der Waals surface area contributed by atoms with Crippen molar-refractivity contribution in [2.24, 2.45) is 11.7 Å². The number of amides is 1. The highest BCUT2D eigenvalue weighted by atomic mass is 35.5. The Morgan fingerprint density at radius 1 is 1.39 bits per heavy atom. The number of hydrogen-bond acceptors (Lipinski definition) is 2. The first-order valence-electron chi connectivity index (χ1n) is 6.35. The van der Waals surface area contributed by atoms with E-state index in [1.807, 2.05) is 12.1 Å². The van der Waals surface area contributed by atoms with Crippen molar-refractivity contribution in [3.63, 3.8) is 0 Å². The summed E-state index contributed by atoms with van der Waals surface area (Å²) in [5.74, 6) is 0.654. The summed E-state index contributed by atoms with van der Waals surface area (Å²) in [5, 5.41) is 3.44. The van der Waals surface area contributed by atoms with Crippen LogP contribution in [0.15, 0.2) is 12.1 Å². The van der Waals surface area contributed by atoms with Gasteiger partial charge in [0.2, 0.25) is 5.91 Å². The largest absolute Gasteiger partial charge is 0.325 e. The van der Waals surface area contributed by atoms with Crippen molar-refractivity contribution in [2.75, 3.05) is 5.32 Å². The summed E-state index contributed by atoms with van der Waals surface area (Å²) in [6.07, 6.45) is 2.42. The van der Waals surface area contributed by atoms with E-state index in [2.05, 4.69) is 19.2 Å². The van der Waals surface area contributed by atoms with E-state index in [-0.39, 0.29) is 11.9 Å². The molecule has 2 rings (SSSR count). The molecule has 1 amide bonds. The third-order valence-corrected chi connectivity index (χ3v) is 3.63. The Hall–Kier alpha value is -1.06. The molecule has 0 aromatic heterocycles. The molecule has 0 aliphatic carbocycles. The molecule has 18 heavy (non-hydrogen) atoms. The third kappa shape index (κ3) is 2.85. The van der Waals surface area contributed by atoms with Crippen molar-refractivity contribution in [1.82, 2.24) is 0 Å². The lowest BCUT2D eigenvalue weighted by Gasteiger charge is -2.16. The monoisotopic (exact) mass is 266 g/mol. The van der Waals surface area contributed by atoms with E-state index in [9.17, 15) is 4.79 Å². The molecule has 0 saturated carbocycles. The van der Waals surface area contributed by atoms with E-state index in [0.29, 0.717) is 17.4 Å². The predicted octanol–water partition coefficient (Wildman–Crippen LogP) is 3.27. The zero-order valence-corrected chi connectivity index (χ0v) is 11.6. The number of halogens is 1. The van der Waals surface area contributed by atoms with Crippen LogP contribution in [0.4, 0.5) is 5.69 Å². The number of carbonyl (C=O) groups is 1. The molecule has 0 saturated heterocycles. The number of anilines is 1. The number of carbonyl (C=O) groups excluding carboxylic acids is 1. The van der Waals surface area contributed by atoms with Crippen LogP contribution in [0.3, 0.4) is 0 Å². The fourth-order valence-electron chi connectivity index (χ4n) is 2.22. The topological polar surface area (TPSA) is 55.1 Å². The summed E-state index contributed by atoms with van der Waals surface area (Å²) >= 11 is 6.23. The summed E-state index contributed by atoms with van der Waals surface area (Å²) in [6.45, 7) is 4.36. The summed E-state index contributed by atoms with van der Waals surface area (Å²) in [4.78, 5) is 11.3. The number of nitrogens with two attached hydrogens (primary N) is 1. The first-order chi connectivity index (χ1) is 8.47. The Morgan fingerprint density at radius 3 is 2.78 bits per heavy atom. The molecular formula is C14H19ClN2O. The van der Waals surface area contributed by atoms with Gasteiger partial charge in [-0.25, -0.2) is 0 Å². The van der Waals surface area contributed by atoms with Crippen molar-refractivity contribution in [3.05, 3.63) is 28.3 Å². The van der Waals surface area contributed by atoms with Gasteiger partial charge in [0.25, 0.3) is 0 Å². The quantitative estimate of drug-likeness (QED) is 0.879.